The summed E-state index contributed by atoms with van der Waals surface area (Å²) in [6.45, 7) is 2.02. The normalized spacial score (nSPS) is 16.2. The fourth-order valence-electron chi connectivity index (χ4n) is 0.628. The molecule has 1 rings (SSSR count). The molecule has 0 aromatic rings. The van der Waals surface area contributed by atoms with Crippen molar-refractivity contribution in [3.8, 4) is 0 Å². The first-order valence-electron chi connectivity index (χ1n) is 3.15. The van der Waals surface area contributed by atoms with E-state index in [2.05, 4.69) is 16.1 Å². The Labute approximate surface area is 59.9 Å². The molecule has 0 aliphatic carbocycles. The number of hydrogen-bond donors (Lipinski definition) is 1. The smallest absolute Gasteiger partial charge is 0.210 e. The molecule has 0 aromatic carbocycles. The SMILES string of the molecule is CCC1=N[N]NC(OC)=C1. The van der Waals surface area contributed by atoms with E-state index < -0.39 is 0 Å². The molecular weight excluding hydrogens is 130 g/mol. The number of nitrogens with one attached hydrogen (secondary N) is 1. The summed E-state index contributed by atoms with van der Waals surface area (Å²) in [6, 6.07) is 0. The zero-order valence-corrected chi connectivity index (χ0v) is 6.09. The van der Waals surface area contributed by atoms with E-state index in [-0.39, 0.29) is 0 Å². The molecule has 1 N–H and O–H groups in total. The second-order valence-electron chi connectivity index (χ2n) is 1.87. The van der Waals surface area contributed by atoms with Crippen molar-refractivity contribution >= 4 is 5.71 Å². The monoisotopic (exact) mass is 140 g/mol. The minimum absolute atomic E-state index is 0.645. The number of rotatable bonds is 2. The van der Waals surface area contributed by atoms with Gasteiger partial charge in [0.15, 0.2) is 0 Å². The maximum absolute atomic E-state index is 4.90. The summed E-state index contributed by atoms with van der Waals surface area (Å²) in [4.78, 5) is 0. The van der Waals surface area contributed by atoms with Gasteiger partial charge in [-0.2, -0.15) is 0 Å². The third-order valence-electron chi connectivity index (χ3n) is 1.22. The van der Waals surface area contributed by atoms with Gasteiger partial charge in [0.2, 0.25) is 5.88 Å². The highest BCUT2D eigenvalue weighted by Gasteiger charge is 2.03. The van der Waals surface area contributed by atoms with Crippen molar-refractivity contribution in [2.45, 2.75) is 13.3 Å². The van der Waals surface area contributed by atoms with Crippen molar-refractivity contribution in [2.75, 3.05) is 7.11 Å². The van der Waals surface area contributed by atoms with E-state index in [9.17, 15) is 0 Å². The molecule has 0 amide bonds. The second kappa shape index (κ2) is 3.10. The molecule has 0 bridgehead atoms. The van der Waals surface area contributed by atoms with Gasteiger partial charge in [0.1, 0.15) is 0 Å². The fourth-order valence-corrected chi connectivity index (χ4v) is 0.628. The number of hydrogen-bond acceptors (Lipinski definition) is 3. The van der Waals surface area contributed by atoms with Crippen LogP contribution in [0, 0.1) is 0 Å². The Hall–Kier alpha value is -1.19. The first kappa shape index (κ1) is 6.92. The Balaban J connectivity index is 2.61. The van der Waals surface area contributed by atoms with Crippen molar-refractivity contribution < 1.29 is 4.74 Å². The number of nitrogens with zero attached hydrogens (tertiary/aromatic N) is 2. The van der Waals surface area contributed by atoms with E-state index in [4.69, 9.17) is 4.74 Å². The Bertz CT molecular complexity index is 174. The van der Waals surface area contributed by atoms with Gasteiger partial charge in [-0.05, 0) is 6.42 Å². The predicted octanol–water partition coefficient (Wildman–Crippen LogP) is 0.363. The van der Waals surface area contributed by atoms with Gasteiger partial charge in [-0.3, -0.25) is 0 Å². The summed E-state index contributed by atoms with van der Waals surface area (Å²) in [7, 11) is 1.59. The molecule has 10 heavy (non-hydrogen) atoms. The molecule has 1 radical (unpaired) electrons. The molecule has 0 unspecified atom stereocenters. The molecule has 1 aliphatic heterocycles. The van der Waals surface area contributed by atoms with E-state index in [0.29, 0.717) is 5.88 Å². The third-order valence-corrected chi connectivity index (χ3v) is 1.22. The molecule has 1 aliphatic rings. The molecule has 4 nitrogen and oxygen atoms in total. The Morgan fingerprint density at radius 2 is 2.50 bits per heavy atom. The van der Waals surface area contributed by atoms with Crippen LogP contribution in [0.4, 0.5) is 0 Å². The zero-order valence-electron chi connectivity index (χ0n) is 6.09. The highest BCUT2D eigenvalue weighted by atomic mass is 16.5. The predicted molar refractivity (Wildman–Crippen MR) is 38.1 cm³/mol. The van der Waals surface area contributed by atoms with Gasteiger partial charge >= 0.3 is 0 Å². The van der Waals surface area contributed by atoms with Gasteiger partial charge in [0.05, 0.1) is 12.8 Å². The summed E-state index contributed by atoms with van der Waals surface area (Å²) < 4.78 is 4.90. The van der Waals surface area contributed by atoms with Crippen LogP contribution in [0.15, 0.2) is 17.1 Å². The quantitative estimate of drug-likeness (QED) is 0.602. The first-order valence-corrected chi connectivity index (χ1v) is 3.15. The number of allylic oxidation sites excluding steroid dienone is 1. The maximum Gasteiger partial charge on any atom is 0.210 e. The summed E-state index contributed by atoms with van der Waals surface area (Å²) >= 11 is 0. The van der Waals surface area contributed by atoms with Crippen LogP contribution in [0.1, 0.15) is 13.3 Å². The minimum atomic E-state index is 0.645. The Morgan fingerprint density at radius 3 is 3.10 bits per heavy atom. The maximum atomic E-state index is 4.90. The minimum Gasteiger partial charge on any atom is -0.481 e. The van der Waals surface area contributed by atoms with E-state index in [1.165, 1.54) is 0 Å². The van der Waals surface area contributed by atoms with Crippen molar-refractivity contribution in [3.63, 3.8) is 0 Å². The average Bonchev–Trinajstić information content (AvgIpc) is 2.05. The standard InChI is InChI=1S/C6H10N3O/c1-3-5-4-6(10-2)8-9-7-5/h4,8H,3H2,1-2H3. The molecule has 0 saturated carbocycles. The van der Waals surface area contributed by atoms with Crippen LogP contribution in [-0.2, 0) is 4.74 Å². The highest BCUT2D eigenvalue weighted by molar-refractivity contribution is 5.95. The molecular formula is C6H10N3O. The van der Waals surface area contributed by atoms with Crippen molar-refractivity contribution in [3.05, 3.63) is 12.0 Å². The van der Waals surface area contributed by atoms with Gasteiger partial charge in [-0.15, -0.1) is 5.10 Å². The lowest BCUT2D eigenvalue weighted by Crippen LogP contribution is -2.26. The van der Waals surface area contributed by atoms with E-state index >= 15 is 0 Å². The van der Waals surface area contributed by atoms with Crippen molar-refractivity contribution in [2.24, 2.45) is 5.10 Å². The Kier molecular flexibility index (Phi) is 2.15. The van der Waals surface area contributed by atoms with Crippen molar-refractivity contribution in [1.29, 1.82) is 0 Å². The van der Waals surface area contributed by atoms with Crippen LogP contribution < -0.4 is 11.0 Å². The topological polar surface area (TPSA) is 47.7 Å². The molecule has 1 heterocycles. The van der Waals surface area contributed by atoms with Crippen LogP contribution in [0.2, 0.25) is 0 Å². The number of ether oxygens (including phenoxy) is 1. The fraction of sp³-hybridized carbons (Fsp3) is 0.500. The van der Waals surface area contributed by atoms with Crippen LogP contribution in [0.25, 0.3) is 0 Å². The molecule has 0 aromatic heterocycles. The Morgan fingerprint density at radius 1 is 1.70 bits per heavy atom. The van der Waals surface area contributed by atoms with E-state index in [1.54, 1.807) is 7.11 Å². The van der Waals surface area contributed by atoms with Crippen LogP contribution in [0.5, 0.6) is 0 Å². The van der Waals surface area contributed by atoms with Gasteiger partial charge in [0.25, 0.3) is 0 Å². The van der Waals surface area contributed by atoms with Crippen LogP contribution in [-0.4, -0.2) is 12.8 Å². The molecule has 0 saturated heterocycles. The average molecular weight is 140 g/mol. The lowest BCUT2D eigenvalue weighted by Gasteiger charge is -2.10. The van der Waals surface area contributed by atoms with E-state index in [0.717, 1.165) is 12.1 Å². The summed E-state index contributed by atoms with van der Waals surface area (Å²) in [5, 5.41) is 3.82. The van der Waals surface area contributed by atoms with Gasteiger partial charge < -0.3 is 4.74 Å². The lowest BCUT2D eigenvalue weighted by atomic mass is 10.3. The molecule has 0 spiro atoms. The molecule has 55 valence electrons. The zero-order chi connectivity index (χ0) is 7.40. The molecule has 0 fully saturated rings. The van der Waals surface area contributed by atoms with E-state index in [1.807, 2.05) is 13.0 Å². The van der Waals surface area contributed by atoms with Gasteiger partial charge in [0, 0.05) is 6.08 Å². The highest BCUT2D eigenvalue weighted by Crippen LogP contribution is 1.98. The van der Waals surface area contributed by atoms with Gasteiger partial charge in [-0.1, -0.05) is 12.5 Å². The summed E-state index contributed by atoms with van der Waals surface area (Å²) in [5.74, 6) is 0.645. The second-order valence-corrected chi connectivity index (χ2v) is 1.87. The van der Waals surface area contributed by atoms with Crippen LogP contribution in [0.3, 0.4) is 0 Å². The van der Waals surface area contributed by atoms with Crippen molar-refractivity contribution in [1.82, 2.24) is 11.0 Å². The van der Waals surface area contributed by atoms with Crippen LogP contribution >= 0.6 is 0 Å². The number of methoxy groups -OCH3 is 1. The van der Waals surface area contributed by atoms with Gasteiger partial charge in [-0.25, -0.2) is 5.43 Å². The summed E-state index contributed by atoms with van der Waals surface area (Å²) in [5.41, 5.74) is 7.16. The lowest BCUT2D eigenvalue weighted by molar-refractivity contribution is 0.244. The third kappa shape index (κ3) is 1.40. The first-order chi connectivity index (χ1) is 4.86. The largest absolute Gasteiger partial charge is 0.481 e. The molecule has 4 heteroatoms. The summed E-state index contributed by atoms with van der Waals surface area (Å²) in [6.07, 6.45) is 2.70. The molecule has 0 atom stereocenters.